The van der Waals surface area contributed by atoms with Crippen molar-refractivity contribution < 1.29 is 23.0 Å². The van der Waals surface area contributed by atoms with Crippen molar-refractivity contribution in [1.29, 1.82) is 0 Å². The second-order valence-corrected chi connectivity index (χ2v) is 7.34. The van der Waals surface area contributed by atoms with E-state index in [1.165, 1.54) is 12.1 Å². The van der Waals surface area contributed by atoms with E-state index in [1.54, 1.807) is 6.07 Å². The molecular formula is C14H21NO5S. The highest BCUT2D eigenvalue weighted by molar-refractivity contribution is 7.91. The van der Waals surface area contributed by atoms with Crippen LogP contribution in [-0.4, -0.2) is 51.2 Å². The van der Waals surface area contributed by atoms with Crippen molar-refractivity contribution >= 4 is 9.84 Å². The minimum atomic E-state index is -3.57. The number of hydrogen-bond acceptors (Lipinski definition) is 6. The fourth-order valence-corrected chi connectivity index (χ4v) is 3.38. The van der Waals surface area contributed by atoms with Crippen LogP contribution in [0, 0.1) is 0 Å². The molecule has 0 aromatic heterocycles. The Morgan fingerprint density at radius 3 is 2.57 bits per heavy atom. The summed E-state index contributed by atoms with van der Waals surface area (Å²) >= 11 is 0. The van der Waals surface area contributed by atoms with Crippen molar-refractivity contribution in [3.05, 3.63) is 18.2 Å². The molecule has 1 aromatic rings. The quantitative estimate of drug-likeness (QED) is 0.799. The number of aliphatic hydroxyl groups is 1. The Morgan fingerprint density at radius 1 is 1.24 bits per heavy atom. The number of fused-ring (bicyclic) bond motifs is 1. The summed E-state index contributed by atoms with van der Waals surface area (Å²) in [6.45, 7) is 4.96. The van der Waals surface area contributed by atoms with Crippen LogP contribution in [0.3, 0.4) is 0 Å². The van der Waals surface area contributed by atoms with Gasteiger partial charge < -0.3 is 19.9 Å². The lowest BCUT2D eigenvalue weighted by molar-refractivity contribution is 0.171. The molecule has 21 heavy (non-hydrogen) atoms. The summed E-state index contributed by atoms with van der Waals surface area (Å²) in [7, 11) is -3.57. The number of nitrogens with one attached hydrogen (secondary N) is 1. The SMILES string of the molecule is CC(C)NCC(O)CS(=O)(=O)c1ccc2c(c1)OCCO2. The van der Waals surface area contributed by atoms with E-state index in [0.717, 1.165) is 0 Å². The number of sulfone groups is 1. The molecule has 0 spiro atoms. The van der Waals surface area contributed by atoms with Crippen molar-refractivity contribution in [2.45, 2.75) is 30.9 Å². The topological polar surface area (TPSA) is 84.9 Å². The molecule has 0 aliphatic carbocycles. The molecule has 118 valence electrons. The number of rotatable bonds is 6. The predicted octanol–water partition coefficient (Wildman–Crippen LogP) is 0.590. The van der Waals surface area contributed by atoms with Crippen LogP contribution in [0.15, 0.2) is 23.1 Å². The normalized spacial score (nSPS) is 16.0. The Labute approximate surface area is 125 Å². The summed E-state index contributed by atoms with van der Waals surface area (Å²) in [6, 6.07) is 4.70. The maximum Gasteiger partial charge on any atom is 0.181 e. The van der Waals surface area contributed by atoms with Crippen LogP contribution in [0.5, 0.6) is 11.5 Å². The average Bonchev–Trinajstić information content (AvgIpc) is 2.44. The van der Waals surface area contributed by atoms with E-state index in [1.807, 2.05) is 13.8 Å². The Kier molecular flexibility index (Phi) is 5.08. The van der Waals surface area contributed by atoms with Crippen LogP contribution in [0.25, 0.3) is 0 Å². The lowest BCUT2D eigenvalue weighted by Crippen LogP contribution is -2.35. The first-order chi connectivity index (χ1) is 9.88. The molecule has 0 bridgehead atoms. The number of aliphatic hydroxyl groups excluding tert-OH is 1. The largest absolute Gasteiger partial charge is 0.486 e. The lowest BCUT2D eigenvalue weighted by atomic mass is 10.3. The average molecular weight is 315 g/mol. The maximum atomic E-state index is 12.3. The summed E-state index contributed by atoms with van der Waals surface area (Å²) in [6.07, 6.45) is -0.953. The number of hydrogen-bond donors (Lipinski definition) is 2. The fourth-order valence-electron chi connectivity index (χ4n) is 2.00. The Balaban J connectivity index is 2.08. The summed E-state index contributed by atoms with van der Waals surface area (Å²) < 4.78 is 35.3. The zero-order valence-electron chi connectivity index (χ0n) is 12.2. The minimum absolute atomic E-state index is 0.135. The van der Waals surface area contributed by atoms with Crippen LogP contribution in [0.4, 0.5) is 0 Å². The van der Waals surface area contributed by atoms with E-state index in [0.29, 0.717) is 24.7 Å². The molecule has 2 rings (SSSR count). The van der Waals surface area contributed by atoms with Crippen LogP contribution < -0.4 is 14.8 Å². The first-order valence-electron chi connectivity index (χ1n) is 6.92. The molecule has 0 radical (unpaired) electrons. The highest BCUT2D eigenvalue weighted by Gasteiger charge is 2.22. The van der Waals surface area contributed by atoms with E-state index in [-0.39, 0.29) is 23.2 Å². The van der Waals surface area contributed by atoms with Gasteiger partial charge in [0, 0.05) is 18.7 Å². The first kappa shape index (κ1) is 16.1. The van der Waals surface area contributed by atoms with Crippen molar-refractivity contribution in [3.63, 3.8) is 0 Å². The van der Waals surface area contributed by atoms with Crippen LogP contribution in [0.2, 0.25) is 0 Å². The second-order valence-electron chi connectivity index (χ2n) is 5.30. The van der Waals surface area contributed by atoms with E-state index in [4.69, 9.17) is 9.47 Å². The third-order valence-electron chi connectivity index (χ3n) is 3.05. The van der Waals surface area contributed by atoms with Gasteiger partial charge in [-0.25, -0.2) is 8.42 Å². The molecule has 1 aliphatic heterocycles. The molecule has 0 saturated heterocycles. The Hall–Kier alpha value is -1.31. The van der Waals surface area contributed by atoms with Gasteiger partial charge in [-0.05, 0) is 12.1 Å². The van der Waals surface area contributed by atoms with Crippen LogP contribution in [0.1, 0.15) is 13.8 Å². The molecule has 2 N–H and O–H groups in total. The molecule has 7 heteroatoms. The van der Waals surface area contributed by atoms with Gasteiger partial charge in [-0.15, -0.1) is 0 Å². The third-order valence-corrected chi connectivity index (χ3v) is 4.84. The second kappa shape index (κ2) is 6.64. The van der Waals surface area contributed by atoms with Gasteiger partial charge in [0.2, 0.25) is 0 Å². The summed E-state index contributed by atoms with van der Waals surface area (Å²) in [5.74, 6) is 0.645. The first-order valence-corrected chi connectivity index (χ1v) is 8.57. The van der Waals surface area contributed by atoms with E-state index in [9.17, 15) is 13.5 Å². The summed E-state index contributed by atoms with van der Waals surface area (Å²) in [5.41, 5.74) is 0. The van der Waals surface area contributed by atoms with Gasteiger partial charge >= 0.3 is 0 Å². The smallest absolute Gasteiger partial charge is 0.181 e. The van der Waals surface area contributed by atoms with Crippen molar-refractivity contribution in [2.24, 2.45) is 0 Å². The lowest BCUT2D eigenvalue weighted by Gasteiger charge is -2.19. The zero-order valence-corrected chi connectivity index (χ0v) is 13.0. The van der Waals surface area contributed by atoms with Gasteiger partial charge in [0.1, 0.15) is 13.2 Å². The van der Waals surface area contributed by atoms with Gasteiger partial charge in [0.15, 0.2) is 21.3 Å². The third kappa shape index (κ3) is 4.33. The van der Waals surface area contributed by atoms with Gasteiger partial charge in [-0.1, -0.05) is 13.8 Å². The van der Waals surface area contributed by atoms with Crippen molar-refractivity contribution in [3.8, 4) is 11.5 Å². The fraction of sp³-hybridized carbons (Fsp3) is 0.571. The molecule has 6 nitrogen and oxygen atoms in total. The molecule has 1 aromatic carbocycles. The van der Waals surface area contributed by atoms with Crippen molar-refractivity contribution in [1.82, 2.24) is 5.32 Å². The van der Waals surface area contributed by atoms with E-state index >= 15 is 0 Å². The van der Waals surface area contributed by atoms with E-state index in [2.05, 4.69) is 5.32 Å². The molecule has 1 aliphatic rings. The molecule has 0 amide bonds. The van der Waals surface area contributed by atoms with Gasteiger partial charge in [-0.3, -0.25) is 0 Å². The highest BCUT2D eigenvalue weighted by atomic mass is 32.2. The number of ether oxygens (including phenoxy) is 2. The Bertz CT molecular complexity index is 585. The predicted molar refractivity (Wildman–Crippen MR) is 78.6 cm³/mol. The van der Waals surface area contributed by atoms with E-state index < -0.39 is 15.9 Å². The summed E-state index contributed by atoms with van der Waals surface area (Å²) in [5, 5.41) is 12.8. The molecule has 1 atom stereocenters. The monoisotopic (exact) mass is 315 g/mol. The molecule has 0 saturated carbocycles. The van der Waals surface area contributed by atoms with Crippen molar-refractivity contribution in [2.75, 3.05) is 25.5 Å². The van der Waals surface area contributed by atoms with Crippen LogP contribution >= 0.6 is 0 Å². The zero-order chi connectivity index (χ0) is 15.5. The molecule has 0 fully saturated rings. The highest BCUT2D eigenvalue weighted by Crippen LogP contribution is 2.32. The minimum Gasteiger partial charge on any atom is -0.486 e. The number of benzene rings is 1. The van der Waals surface area contributed by atoms with Gasteiger partial charge in [0.05, 0.1) is 16.8 Å². The summed E-state index contributed by atoms with van der Waals surface area (Å²) in [4.78, 5) is 0.135. The van der Waals surface area contributed by atoms with Gasteiger partial charge in [0.25, 0.3) is 0 Å². The van der Waals surface area contributed by atoms with Gasteiger partial charge in [-0.2, -0.15) is 0 Å². The Morgan fingerprint density at radius 2 is 1.90 bits per heavy atom. The standard InChI is InChI=1S/C14H21NO5S/c1-10(2)15-8-11(16)9-21(17,18)12-3-4-13-14(7-12)20-6-5-19-13/h3-4,7,10-11,15-16H,5-6,8-9H2,1-2H3. The maximum absolute atomic E-state index is 12.3. The van der Waals surface area contributed by atoms with Crippen LogP contribution in [-0.2, 0) is 9.84 Å². The molecular weight excluding hydrogens is 294 g/mol. The molecule has 1 heterocycles. The molecule has 1 unspecified atom stereocenters.